The van der Waals surface area contributed by atoms with Crippen molar-refractivity contribution in [2.45, 2.75) is 19.8 Å². The Morgan fingerprint density at radius 1 is 1.39 bits per heavy atom. The molecule has 5 nitrogen and oxygen atoms in total. The molecule has 0 unspecified atom stereocenters. The van der Waals surface area contributed by atoms with Crippen molar-refractivity contribution >= 4 is 5.91 Å². The maximum Gasteiger partial charge on any atom is 0.274 e. The maximum absolute atomic E-state index is 12.3. The number of carbonyl (C=O) groups excluding carboxylic acids is 1. The van der Waals surface area contributed by atoms with E-state index in [9.17, 15) is 4.79 Å². The smallest absolute Gasteiger partial charge is 0.274 e. The van der Waals surface area contributed by atoms with Gasteiger partial charge in [0.25, 0.3) is 5.91 Å². The highest BCUT2D eigenvalue weighted by Crippen LogP contribution is 2.27. The van der Waals surface area contributed by atoms with Crippen LogP contribution in [-0.2, 0) is 0 Å². The third-order valence-electron chi connectivity index (χ3n) is 4.12. The lowest BCUT2D eigenvalue weighted by Gasteiger charge is -2.15. The predicted octanol–water partition coefficient (Wildman–Crippen LogP) is 0.824. The van der Waals surface area contributed by atoms with E-state index in [-0.39, 0.29) is 5.91 Å². The van der Waals surface area contributed by atoms with Crippen LogP contribution in [0.15, 0.2) is 6.07 Å². The predicted molar refractivity (Wildman–Crippen MR) is 68.4 cm³/mol. The minimum Gasteiger partial charge on any atom is -0.337 e. The summed E-state index contributed by atoms with van der Waals surface area (Å²) in [6.45, 7) is 8.03. The first kappa shape index (κ1) is 11.7. The summed E-state index contributed by atoms with van der Waals surface area (Å²) in [5.41, 5.74) is 1.59. The number of aromatic nitrogens is 2. The molecule has 5 heteroatoms. The van der Waals surface area contributed by atoms with Crippen LogP contribution < -0.4 is 5.32 Å². The highest BCUT2D eigenvalue weighted by Gasteiger charge is 2.38. The van der Waals surface area contributed by atoms with Crippen molar-refractivity contribution in [2.75, 3.05) is 26.2 Å². The SMILES string of the molecule is CC(C)c1cc(C(=O)N2C[C@H]3CNC[C@H]3C2)n[nH]1. The van der Waals surface area contributed by atoms with Gasteiger partial charge in [0.05, 0.1) is 0 Å². The molecule has 1 amide bonds. The van der Waals surface area contributed by atoms with Crippen LogP contribution in [0.3, 0.4) is 0 Å². The molecule has 0 aromatic carbocycles. The minimum atomic E-state index is 0.0764. The number of hydrogen-bond acceptors (Lipinski definition) is 3. The molecule has 1 aromatic rings. The molecule has 2 saturated heterocycles. The maximum atomic E-state index is 12.3. The Hall–Kier alpha value is -1.36. The van der Waals surface area contributed by atoms with Gasteiger partial charge < -0.3 is 10.2 Å². The minimum absolute atomic E-state index is 0.0764. The summed E-state index contributed by atoms with van der Waals surface area (Å²) in [5, 5.41) is 10.5. The normalized spacial score (nSPS) is 26.9. The molecule has 1 aromatic heterocycles. The van der Waals surface area contributed by atoms with E-state index in [1.807, 2.05) is 11.0 Å². The van der Waals surface area contributed by atoms with Gasteiger partial charge in [-0.15, -0.1) is 0 Å². The van der Waals surface area contributed by atoms with Crippen molar-refractivity contribution in [1.82, 2.24) is 20.4 Å². The van der Waals surface area contributed by atoms with Crippen LogP contribution in [0, 0.1) is 11.8 Å². The molecular weight excluding hydrogens is 228 g/mol. The number of H-pyrrole nitrogens is 1. The van der Waals surface area contributed by atoms with Crippen LogP contribution in [-0.4, -0.2) is 47.2 Å². The third kappa shape index (κ3) is 1.92. The number of aromatic amines is 1. The van der Waals surface area contributed by atoms with Crippen molar-refractivity contribution in [3.8, 4) is 0 Å². The molecule has 18 heavy (non-hydrogen) atoms. The molecule has 3 rings (SSSR count). The summed E-state index contributed by atoms with van der Waals surface area (Å²) in [7, 11) is 0. The zero-order valence-corrected chi connectivity index (χ0v) is 10.9. The molecule has 2 fully saturated rings. The van der Waals surface area contributed by atoms with Crippen molar-refractivity contribution < 1.29 is 4.79 Å². The molecule has 0 spiro atoms. The first-order chi connectivity index (χ1) is 8.65. The first-order valence-electron chi connectivity index (χ1n) is 6.70. The Balaban J connectivity index is 1.71. The van der Waals surface area contributed by atoms with E-state index < -0.39 is 0 Å². The largest absolute Gasteiger partial charge is 0.337 e. The zero-order valence-electron chi connectivity index (χ0n) is 10.9. The molecule has 0 bridgehead atoms. The van der Waals surface area contributed by atoms with E-state index >= 15 is 0 Å². The fourth-order valence-corrected chi connectivity index (χ4v) is 2.93. The molecule has 2 aliphatic heterocycles. The quantitative estimate of drug-likeness (QED) is 0.814. The highest BCUT2D eigenvalue weighted by atomic mass is 16.2. The topological polar surface area (TPSA) is 61.0 Å². The van der Waals surface area contributed by atoms with Gasteiger partial charge in [-0.1, -0.05) is 13.8 Å². The number of carbonyl (C=O) groups is 1. The molecule has 2 atom stereocenters. The zero-order chi connectivity index (χ0) is 12.7. The van der Waals surface area contributed by atoms with E-state index in [0.29, 0.717) is 23.4 Å². The van der Waals surface area contributed by atoms with Crippen LogP contribution in [0.1, 0.15) is 35.9 Å². The van der Waals surface area contributed by atoms with Crippen molar-refractivity contribution in [3.05, 3.63) is 17.5 Å². The van der Waals surface area contributed by atoms with Gasteiger partial charge in [-0.25, -0.2) is 0 Å². The van der Waals surface area contributed by atoms with Gasteiger partial charge >= 0.3 is 0 Å². The summed E-state index contributed by atoms with van der Waals surface area (Å²) < 4.78 is 0. The molecule has 3 heterocycles. The number of amides is 1. The van der Waals surface area contributed by atoms with E-state index in [1.165, 1.54) is 0 Å². The van der Waals surface area contributed by atoms with Crippen molar-refractivity contribution in [2.24, 2.45) is 11.8 Å². The van der Waals surface area contributed by atoms with Crippen LogP contribution >= 0.6 is 0 Å². The molecule has 0 radical (unpaired) electrons. The second-order valence-electron chi connectivity index (χ2n) is 5.75. The van der Waals surface area contributed by atoms with Crippen molar-refractivity contribution in [1.29, 1.82) is 0 Å². The summed E-state index contributed by atoms with van der Waals surface area (Å²) in [6.07, 6.45) is 0. The Labute approximate surface area is 107 Å². The first-order valence-corrected chi connectivity index (χ1v) is 6.70. The molecule has 2 aliphatic rings. The van der Waals surface area contributed by atoms with Gasteiger partial charge in [0.2, 0.25) is 0 Å². The van der Waals surface area contributed by atoms with Crippen LogP contribution in [0.25, 0.3) is 0 Å². The third-order valence-corrected chi connectivity index (χ3v) is 4.12. The van der Waals surface area contributed by atoms with Gasteiger partial charge in [-0.2, -0.15) is 5.10 Å². The number of rotatable bonds is 2. The summed E-state index contributed by atoms with van der Waals surface area (Å²) >= 11 is 0. The number of nitrogens with zero attached hydrogens (tertiary/aromatic N) is 2. The Morgan fingerprint density at radius 2 is 2.06 bits per heavy atom. The molecule has 0 saturated carbocycles. The van der Waals surface area contributed by atoms with Gasteiger partial charge in [-0.05, 0) is 23.8 Å². The molecule has 98 valence electrons. The fraction of sp³-hybridized carbons (Fsp3) is 0.692. The van der Waals surface area contributed by atoms with Crippen LogP contribution in [0.5, 0.6) is 0 Å². The average Bonchev–Trinajstić information content (AvgIpc) is 3.02. The van der Waals surface area contributed by atoms with E-state index in [2.05, 4.69) is 29.4 Å². The lowest BCUT2D eigenvalue weighted by atomic mass is 10.0. The summed E-state index contributed by atoms with van der Waals surface area (Å²) in [6, 6.07) is 1.89. The number of hydrogen-bond donors (Lipinski definition) is 2. The van der Waals surface area contributed by atoms with Gasteiger partial charge in [0.15, 0.2) is 0 Å². The monoisotopic (exact) mass is 248 g/mol. The number of fused-ring (bicyclic) bond motifs is 1. The summed E-state index contributed by atoms with van der Waals surface area (Å²) in [5.74, 6) is 1.73. The standard InChI is InChI=1S/C13H20N4O/c1-8(2)11-3-12(16-15-11)13(18)17-6-9-4-14-5-10(9)7-17/h3,8-10,14H,4-7H2,1-2H3,(H,15,16)/t9-,10+. The second-order valence-corrected chi connectivity index (χ2v) is 5.75. The summed E-state index contributed by atoms with van der Waals surface area (Å²) in [4.78, 5) is 14.3. The van der Waals surface area contributed by atoms with E-state index in [0.717, 1.165) is 31.9 Å². The van der Waals surface area contributed by atoms with Crippen LogP contribution in [0.4, 0.5) is 0 Å². The van der Waals surface area contributed by atoms with Crippen LogP contribution in [0.2, 0.25) is 0 Å². The second kappa shape index (κ2) is 4.39. The molecule has 0 aliphatic carbocycles. The van der Waals surface area contributed by atoms with Crippen molar-refractivity contribution in [3.63, 3.8) is 0 Å². The number of nitrogens with one attached hydrogen (secondary N) is 2. The Morgan fingerprint density at radius 3 is 2.61 bits per heavy atom. The highest BCUT2D eigenvalue weighted by molar-refractivity contribution is 5.92. The molecular formula is C13H20N4O. The van der Waals surface area contributed by atoms with Gasteiger partial charge in [-0.3, -0.25) is 9.89 Å². The molecule has 2 N–H and O–H groups in total. The average molecular weight is 248 g/mol. The fourth-order valence-electron chi connectivity index (χ4n) is 2.93. The van der Waals surface area contributed by atoms with E-state index in [4.69, 9.17) is 0 Å². The Bertz CT molecular complexity index is 442. The Kier molecular flexibility index (Phi) is 2.86. The lowest BCUT2D eigenvalue weighted by molar-refractivity contribution is 0.0776. The lowest BCUT2D eigenvalue weighted by Crippen LogP contribution is -2.32. The van der Waals surface area contributed by atoms with Gasteiger partial charge in [0, 0.05) is 31.9 Å². The van der Waals surface area contributed by atoms with Gasteiger partial charge in [0.1, 0.15) is 5.69 Å². The van der Waals surface area contributed by atoms with E-state index in [1.54, 1.807) is 0 Å². The number of likely N-dealkylation sites (tertiary alicyclic amines) is 1.